The van der Waals surface area contributed by atoms with Crippen LogP contribution in [0.5, 0.6) is 5.75 Å². The molecule has 1 N–H and O–H groups in total. The minimum absolute atomic E-state index is 0.555. The van der Waals surface area contributed by atoms with Gasteiger partial charge in [0.2, 0.25) is 0 Å². The lowest BCUT2D eigenvalue weighted by Crippen LogP contribution is -2.30. The largest absolute Gasteiger partial charge is 0.492 e. The number of likely N-dealkylation sites (tertiary alicyclic amines) is 1. The fraction of sp³-hybridized carbons (Fsp3) is 0.591. The number of aliphatic hydroxyl groups is 1. The smallest absolute Gasteiger partial charge is 0.137 e. The van der Waals surface area contributed by atoms with Crippen LogP contribution in [-0.2, 0) is 12.0 Å². The summed E-state index contributed by atoms with van der Waals surface area (Å²) in [5.74, 6) is 1.61. The van der Waals surface area contributed by atoms with Crippen molar-refractivity contribution < 1.29 is 9.84 Å². The second-order valence-electron chi connectivity index (χ2n) is 8.19. The number of aromatic nitrogens is 1. The lowest BCUT2D eigenvalue weighted by Gasteiger charge is -2.24. The summed E-state index contributed by atoms with van der Waals surface area (Å²) in [7, 11) is 0. The molecule has 2 aromatic rings. The van der Waals surface area contributed by atoms with E-state index in [9.17, 15) is 5.11 Å². The monoisotopic (exact) mass is 420 g/mol. The molecule has 1 atom stereocenters. The van der Waals surface area contributed by atoms with E-state index < -0.39 is 5.60 Å². The van der Waals surface area contributed by atoms with Crippen LogP contribution in [0.25, 0.3) is 0 Å². The molecule has 0 amide bonds. The van der Waals surface area contributed by atoms with E-state index in [4.69, 9.17) is 21.3 Å². The first-order valence-corrected chi connectivity index (χ1v) is 11.5. The SMILES string of the molecule is Cc1nc([C@]2(O)CCCN(CC3CC3)CC2)sc1CCOc1ccccc1Cl. The third kappa shape index (κ3) is 4.88. The Balaban J connectivity index is 1.36. The van der Waals surface area contributed by atoms with E-state index in [0.717, 1.165) is 55.4 Å². The minimum Gasteiger partial charge on any atom is -0.492 e. The summed E-state index contributed by atoms with van der Waals surface area (Å²) in [6.45, 7) is 5.86. The first-order chi connectivity index (χ1) is 13.5. The van der Waals surface area contributed by atoms with Crippen molar-refractivity contribution in [3.63, 3.8) is 0 Å². The summed E-state index contributed by atoms with van der Waals surface area (Å²) in [5, 5.41) is 12.9. The van der Waals surface area contributed by atoms with Crippen LogP contribution in [0.4, 0.5) is 0 Å². The quantitative estimate of drug-likeness (QED) is 0.698. The Hall–Kier alpha value is -1.14. The molecular weight excluding hydrogens is 392 g/mol. The average molecular weight is 421 g/mol. The van der Waals surface area contributed by atoms with Crippen molar-refractivity contribution in [3.8, 4) is 5.75 Å². The molecule has 0 radical (unpaired) electrons. The van der Waals surface area contributed by atoms with Crippen LogP contribution in [-0.4, -0.2) is 41.2 Å². The fourth-order valence-corrected chi connectivity index (χ4v) is 5.29. The van der Waals surface area contributed by atoms with Crippen molar-refractivity contribution in [2.75, 3.05) is 26.2 Å². The molecule has 4 rings (SSSR count). The Labute approximate surface area is 176 Å². The van der Waals surface area contributed by atoms with Crippen LogP contribution < -0.4 is 4.74 Å². The van der Waals surface area contributed by atoms with Gasteiger partial charge in [-0.1, -0.05) is 23.7 Å². The van der Waals surface area contributed by atoms with Crippen molar-refractivity contribution in [3.05, 3.63) is 44.9 Å². The fourth-order valence-electron chi connectivity index (χ4n) is 3.91. The lowest BCUT2D eigenvalue weighted by atomic mass is 9.96. The summed E-state index contributed by atoms with van der Waals surface area (Å²) in [6, 6.07) is 7.54. The highest BCUT2D eigenvalue weighted by atomic mass is 35.5. The topological polar surface area (TPSA) is 45.6 Å². The third-order valence-electron chi connectivity index (χ3n) is 5.83. The zero-order valence-electron chi connectivity index (χ0n) is 16.5. The van der Waals surface area contributed by atoms with Gasteiger partial charge in [-0.05, 0) is 63.6 Å². The number of ether oxygens (including phenoxy) is 1. The maximum atomic E-state index is 11.3. The van der Waals surface area contributed by atoms with Crippen LogP contribution in [0, 0.1) is 12.8 Å². The molecule has 0 spiro atoms. The number of nitrogens with zero attached hydrogens (tertiary/aromatic N) is 2. The van der Waals surface area contributed by atoms with Crippen molar-refractivity contribution in [1.29, 1.82) is 0 Å². The highest BCUT2D eigenvalue weighted by molar-refractivity contribution is 7.11. The molecule has 152 valence electrons. The van der Waals surface area contributed by atoms with E-state index in [0.29, 0.717) is 17.4 Å². The normalized spacial score (nSPS) is 23.5. The van der Waals surface area contributed by atoms with Crippen LogP contribution >= 0.6 is 22.9 Å². The zero-order valence-corrected chi connectivity index (χ0v) is 18.1. The molecule has 2 fully saturated rings. The number of thiazole rings is 1. The van der Waals surface area contributed by atoms with E-state index in [2.05, 4.69) is 4.90 Å². The second-order valence-corrected chi connectivity index (χ2v) is 9.68. The van der Waals surface area contributed by atoms with Crippen molar-refractivity contribution in [2.24, 2.45) is 5.92 Å². The van der Waals surface area contributed by atoms with E-state index in [1.165, 1.54) is 24.3 Å². The van der Waals surface area contributed by atoms with E-state index >= 15 is 0 Å². The predicted molar refractivity (Wildman–Crippen MR) is 114 cm³/mol. The summed E-state index contributed by atoms with van der Waals surface area (Å²) in [4.78, 5) is 8.48. The molecule has 2 heterocycles. The number of hydrogen-bond acceptors (Lipinski definition) is 5. The standard InChI is InChI=1S/C22H29ClN2O2S/c1-16-20(9-14-27-19-6-3-2-5-18(19)23)28-21(24-16)22(26)10-4-12-25(13-11-22)15-17-7-8-17/h2-3,5-6,17,26H,4,7-15H2,1H3/t22-/m0/s1. The van der Waals surface area contributed by atoms with E-state index in [-0.39, 0.29) is 0 Å². The zero-order chi connectivity index (χ0) is 19.6. The Morgan fingerprint density at radius 2 is 2.11 bits per heavy atom. The van der Waals surface area contributed by atoms with Crippen molar-refractivity contribution in [2.45, 2.75) is 51.0 Å². The van der Waals surface area contributed by atoms with Crippen LogP contribution in [0.15, 0.2) is 24.3 Å². The molecule has 4 nitrogen and oxygen atoms in total. The van der Waals surface area contributed by atoms with Gasteiger partial charge in [0.05, 0.1) is 17.3 Å². The van der Waals surface area contributed by atoms with Gasteiger partial charge in [-0.15, -0.1) is 11.3 Å². The Kier molecular flexibility index (Phi) is 6.26. The van der Waals surface area contributed by atoms with Gasteiger partial charge < -0.3 is 14.7 Å². The van der Waals surface area contributed by atoms with Gasteiger partial charge >= 0.3 is 0 Å². The van der Waals surface area contributed by atoms with Gasteiger partial charge in [-0.25, -0.2) is 4.98 Å². The van der Waals surface area contributed by atoms with Gasteiger partial charge in [-0.3, -0.25) is 0 Å². The summed E-state index contributed by atoms with van der Waals surface area (Å²) in [5.41, 5.74) is 0.227. The van der Waals surface area contributed by atoms with Crippen LogP contribution in [0.1, 0.15) is 47.7 Å². The lowest BCUT2D eigenvalue weighted by molar-refractivity contribution is 0.0208. The van der Waals surface area contributed by atoms with Gasteiger partial charge in [0.25, 0.3) is 0 Å². The molecule has 1 aliphatic carbocycles. The number of rotatable bonds is 7. The number of benzene rings is 1. The number of hydrogen-bond donors (Lipinski definition) is 1. The third-order valence-corrected chi connectivity index (χ3v) is 7.56. The molecule has 1 aromatic carbocycles. The molecular formula is C22H29ClN2O2S. The first kappa shape index (κ1) is 20.1. The number of aryl methyl sites for hydroxylation is 1. The molecule has 0 unspecified atom stereocenters. The van der Waals surface area contributed by atoms with Gasteiger partial charge in [0.1, 0.15) is 16.4 Å². The Bertz CT molecular complexity index is 808. The van der Waals surface area contributed by atoms with E-state index in [1.807, 2.05) is 31.2 Å². The predicted octanol–water partition coefficient (Wildman–Crippen LogP) is 4.81. The molecule has 1 aromatic heterocycles. The van der Waals surface area contributed by atoms with Crippen LogP contribution in [0.3, 0.4) is 0 Å². The summed E-state index contributed by atoms with van der Waals surface area (Å²) in [6.07, 6.45) is 6.16. The molecule has 6 heteroatoms. The van der Waals surface area contributed by atoms with Crippen LogP contribution in [0.2, 0.25) is 5.02 Å². The molecule has 1 saturated carbocycles. The molecule has 28 heavy (non-hydrogen) atoms. The average Bonchev–Trinajstić information content (AvgIpc) is 3.44. The Morgan fingerprint density at radius 1 is 1.29 bits per heavy atom. The number of para-hydroxylation sites is 1. The van der Waals surface area contributed by atoms with Crippen molar-refractivity contribution in [1.82, 2.24) is 9.88 Å². The highest BCUT2D eigenvalue weighted by Gasteiger charge is 2.36. The first-order valence-electron chi connectivity index (χ1n) is 10.3. The van der Waals surface area contributed by atoms with E-state index in [1.54, 1.807) is 11.3 Å². The Morgan fingerprint density at radius 3 is 2.89 bits per heavy atom. The minimum atomic E-state index is -0.782. The molecule has 1 saturated heterocycles. The highest BCUT2D eigenvalue weighted by Crippen LogP contribution is 2.38. The second kappa shape index (κ2) is 8.70. The molecule has 2 aliphatic rings. The van der Waals surface area contributed by atoms with Crippen molar-refractivity contribution >= 4 is 22.9 Å². The maximum absolute atomic E-state index is 11.3. The summed E-state index contributed by atoms with van der Waals surface area (Å²) < 4.78 is 5.83. The molecule has 1 aliphatic heterocycles. The maximum Gasteiger partial charge on any atom is 0.137 e. The van der Waals surface area contributed by atoms with Gasteiger partial charge in [0.15, 0.2) is 0 Å². The van der Waals surface area contributed by atoms with Gasteiger partial charge in [-0.2, -0.15) is 0 Å². The number of halogens is 1. The van der Waals surface area contributed by atoms with Gasteiger partial charge in [0, 0.05) is 24.4 Å². The summed E-state index contributed by atoms with van der Waals surface area (Å²) >= 11 is 7.80. The molecule has 0 bridgehead atoms.